The number of halogens is 1. The molecule has 1 aromatic rings. The van der Waals surface area contributed by atoms with Crippen LogP contribution in [0.15, 0.2) is 18.2 Å². The molecule has 0 spiro atoms. The summed E-state index contributed by atoms with van der Waals surface area (Å²) in [6, 6.07) is 4.05. The van der Waals surface area contributed by atoms with E-state index in [4.69, 9.17) is 0 Å². The normalized spacial score (nSPS) is 11.6. The Morgan fingerprint density at radius 3 is 2.38 bits per heavy atom. The van der Waals surface area contributed by atoms with Crippen molar-refractivity contribution in [3.05, 3.63) is 24.0 Å². The molecular formula is C10H15FN2O2S. The molecule has 2 N–H and O–H groups in total. The lowest BCUT2D eigenvalue weighted by Gasteiger charge is -2.15. The zero-order chi connectivity index (χ0) is 12.3. The summed E-state index contributed by atoms with van der Waals surface area (Å²) >= 11 is 0. The summed E-state index contributed by atoms with van der Waals surface area (Å²) in [4.78, 5) is 0. The Morgan fingerprint density at radius 1 is 1.25 bits per heavy atom. The summed E-state index contributed by atoms with van der Waals surface area (Å²) in [6.07, 6.45) is 1.02. The van der Waals surface area contributed by atoms with Gasteiger partial charge in [0.15, 0.2) is 0 Å². The van der Waals surface area contributed by atoms with Crippen molar-refractivity contribution < 1.29 is 12.8 Å². The molecule has 0 aromatic heterocycles. The van der Waals surface area contributed by atoms with Crippen LogP contribution in [0.25, 0.3) is 0 Å². The van der Waals surface area contributed by atoms with Crippen LogP contribution in [-0.2, 0) is 10.0 Å². The number of nitrogens with one attached hydrogen (secondary N) is 2. The lowest BCUT2D eigenvalue weighted by molar-refractivity contribution is 0.606. The van der Waals surface area contributed by atoms with E-state index in [0.717, 1.165) is 12.3 Å². The van der Waals surface area contributed by atoms with E-state index in [1.807, 2.05) is 13.8 Å². The topological polar surface area (TPSA) is 58.2 Å². The summed E-state index contributed by atoms with van der Waals surface area (Å²) in [5, 5.41) is 3.03. The minimum Gasteiger partial charge on any atom is -0.381 e. The number of sulfonamides is 1. The van der Waals surface area contributed by atoms with Crippen LogP contribution in [-0.4, -0.2) is 20.7 Å². The fourth-order valence-corrected chi connectivity index (χ4v) is 1.81. The Labute approximate surface area is 94.9 Å². The van der Waals surface area contributed by atoms with Gasteiger partial charge in [0.25, 0.3) is 0 Å². The van der Waals surface area contributed by atoms with Crippen molar-refractivity contribution in [2.45, 2.75) is 19.9 Å². The fraction of sp³-hybridized carbons (Fsp3) is 0.400. The average molecular weight is 246 g/mol. The molecule has 0 fully saturated rings. The van der Waals surface area contributed by atoms with Crippen LogP contribution in [0.4, 0.5) is 15.8 Å². The molecule has 0 unspecified atom stereocenters. The summed E-state index contributed by atoms with van der Waals surface area (Å²) in [6.45, 7) is 3.82. The van der Waals surface area contributed by atoms with Gasteiger partial charge in [-0.15, -0.1) is 0 Å². The molecular weight excluding hydrogens is 231 g/mol. The van der Waals surface area contributed by atoms with Gasteiger partial charge in [-0.2, -0.15) is 0 Å². The number of benzene rings is 1. The fourth-order valence-electron chi connectivity index (χ4n) is 1.24. The van der Waals surface area contributed by atoms with Gasteiger partial charge in [-0.1, -0.05) is 0 Å². The molecule has 0 aliphatic rings. The lowest BCUT2D eigenvalue weighted by atomic mass is 10.2. The highest BCUT2D eigenvalue weighted by Crippen LogP contribution is 2.24. The minimum atomic E-state index is -3.41. The third-order valence-corrected chi connectivity index (χ3v) is 2.31. The second kappa shape index (κ2) is 4.69. The van der Waals surface area contributed by atoms with Crippen molar-refractivity contribution in [3.63, 3.8) is 0 Å². The molecule has 0 bridgehead atoms. The molecule has 1 aromatic carbocycles. The molecule has 1 rings (SSSR count). The molecule has 0 amide bonds. The van der Waals surface area contributed by atoms with E-state index in [1.54, 1.807) is 0 Å². The maximum Gasteiger partial charge on any atom is 0.229 e. The summed E-state index contributed by atoms with van der Waals surface area (Å²) in [7, 11) is -3.41. The Balaban J connectivity index is 3.08. The first-order chi connectivity index (χ1) is 7.28. The molecule has 0 aliphatic heterocycles. The summed E-state index contributed by atoms with van der Waals surface area (Å²) < 4.78 is 37.4. The molecule has 4 nitrogen and oxygen atoms in total. The van der Waals surface area contributed by atoms with Gasteiger partial charge in [-0.25, -0.2) is 12.8 Å². The zero-order valence-corrected chi connectivity index (χ0v) is 10.2. The number of hydrogen-bond acceptors (Lipinski definition) is 3. The molecule has 0 aliphatic carbocycles. The second-order valence-electron chi connectivity index (χ2n) is 3.86. The van der Waals surface area contributed by atoms with Crippen molar-refractivity contribution in [2.24, 2.45) is 0 Å². The van der Waals surface area contributed by atoms with E-state index < -0.39 is 15.8 Å². The SMILES string of the molecule is CC(C)Nc1ccc(F)cc1NS(C)(=O)=O. The van der Waals surface area contributed by atoms with E-state index in [2.05, 4.69) is 10.0 Å². The zero-order valence-electron chi connectivity index (χ0n) is 9.41. The monoisotopic (exact) mass is 246 g/mol. The highest BCUT2D eigenvalue weighted by atomic mass is 32.2. The Hall–Kier alpha value is -1.30. The standard InChI is InChI=1S/C10H15FN2O2S/c1-7(2)12-9-5-4-8(11)6-10(9)13-16(3,14)15/h4-7,12-13H,1-3H3. The van der Waals surface area contributed by atoms with Gasteiger partial charge in [0.05, 0.1) is 17.6 Å². The van der Waals surface area contributed by atoms with E-state index in [9.17, 15) is 12.8 Å². The smallest absolute Gasteiger partial charge is 0.229 e. The van der Waals surface area contributed by atoms with Gasteiger partial charge in [0.2, 0.25) is 10.0 Å². The second-order valence-corrected chi connectivity index (χ2v) is 5.61. The molecule has 0 saturated carbocycles. The predicted molar refractivity (Wildman–Crippen MR) is 63.6 cm³/mol. The van der Waals surface area contributed by atoms with Gasteiger partial charge in [0.1, 0.15) is 5.82 Å². The van der Waals surface area contributed by atoms with Crippen molar-refractivity contribution in [1.29, 1.82) is 0 Å². The quantitative estimate of drug-likeness (QED) is 0.854. The first-order valence-corrected chi connectivity index (χ1v) is 6.71. The van der Waals surface area contributed by atoms with Crippen LogP contribution >= 0.6 is 0 Å². The molecule has 0 saturated heterocycles. The van der Waals surface area contributed by atoms with Gasteiger partial charge in [-0.05, 0) is 26.0 Å². The van der Waals surface area contributed by atoms with Gasteiger partial charge >= 0.3 is 0 Å². The van der Waals surface area contributed by atoms with Gasteiger partial charge in [-0.3, -0.25) is 4.72 Å². The Bertz CT molecular complexity index is 472. The van der Waals surface area contributed by atoms with Crippen molar-refractivity contribution in [2.75, 3.05) is 16.3 Å². The molecule has 0 radical (unpaired) electrons. The molecule has 6 heteroatoms. The maximum atomic E-state index is 13.0. The van der Waals surface area contributed by atoms with Crippen LogP contribution in [0, 0.1) is 5.82 Å². The van der Waals surface area contributed by atoms with Crippen LogP contribution < -0.4 is 10.0 Å². The number of hydrogen-bond donors (Lipinski definition) is 2. The number of rotatable bonds is 4. The highest BCUT2D eigenvalue weighted by molar-refractivity contribution is 7.92. The molecule has 0 heterocycles. The number of anilines is 2. The van der Waals surface area contributed by atoms with Crippen LogP contribution in [0.2, 0.25) is 0 Å². The molecule has 0 atom stereocenters. The van der Waals surface area contributed by atoms with Crippen molar-refractivity contribution in [1.82, 2.24) is 0 Å². The average Bonchev–Trinajstić information content (AvgIpc) is 2.06. The van der Waals surface area contributed by atoms with Gasteiger partial charge < -0.3 is 5.32 Å². The third kappa shape index (κ3) is 4.06. The highest BCUT2D eigenvalue weighted by Gasteiger charge is 2.09. The van der Waals surface area contributed by atoms with Crippen molar-refractivity contribution in [3.8, 4) is 0 Å². The van der Waals surface area contributed by atoms with E-state index in [-0.39, 0.29) is 11.7 Å². The Morgan fingerprint density at radius 2 is 1.88 bits per heavy atom. The van der Waals surface area contributed by atoms with Crippen molar-refractivity contribution >= 4 is 21.4 Å². The lowest BCUT2D eigenvalue weighted by Crippen LogP contribution is -2.15. The predicted octanol–water partition coefficient (Wildman–Crippen LogP) is 2.02. The van der Waals surface area contributed by atoms with Crippen LogP contribution in [0.1, 0.15) is 13.8 Å². The van der Waals surface area contributed by atoms with E-state index in [1.165, 1.54) is 12.1 Å². The van der Waals surface area contributed by atoms with Gasteiger partial charge in [0, 0.05) is 12.1 Å². The first kappa shape index (κ1) is 12.8. The maximum absolute atomic E-state index is 13.0. The summed E-state index contributed by atoms with van der Waals surface area (Å²) in [5.74, 6) is -0.486. The largest absolute Gasteiger partial charge is 0.381 e. The molecule has 90 valence electrons. The Kier molecular flexibility index (Phi) is 3.74. The molecule has 16 heavy (non-hydrogen) atoms. The summed E-state index contributed by atoms with van der Waals surface area (Å²) in [5.41, 5.74) is 0.776. The van der Waals surface area contributed by atoms with E-state index in [0.29, 0.717) is 5.69 Å². The van der Waals surface area contributed by atoms with E-state index >= 15 is 0 Å². The van der Waals surface area contributed by atoms with Crippen LogP contribution in [0.5, 0.6) is 0 Å². The van der Waals surface area contributed by atoms with Crippen LogP contribution in [0.3, 0.4) is 0 Å². The minimum absolute atomic E-state index is 0.130. The third-order valence-electron chi connectivity index (χ3n) is 1.72. The first-order valence-electron chi connectivity index (χ1n) is 4.82.